The summed E-state index contributed by atoms with van der Waals surface area (Å²) in [6, 6.07) is 0. The average molecular weight is 363 g/mol. The zero-order valence-electron chi connectivity index (χ0n) is 13.6. The van der Waals surface area contributed by atoms with Gasteiger partial charge in [0.1, 0.15) is 5.60 Å². The van der Waals surface area contributed by atoms with Gasteiger partial charge in [-0.25, -0.2) is 9.98 Å². The normalized spacial score (nSPS) is 17.9. The van der Waals surface area contributed by atoms with E-state index in [1.165, 1.54) is 0 Å². The fraction of sp³-hybridized carbons (Fsp3) is 0.714. The molecule has 0 spiro atoms. The van der Waals surface area contributed by atoms with Gasteiger partial charge in [0.25, 0.3) is 0 Å². The van der Waals surface area contributed by atoms with Gasteiger partial charge in [-0.2, -0.15) is 0 Å². The van der Waals surface area contributed by atoms with E-state index in [-0.39, 0.29) is 17.5 Å². The zero-order valence-corrected chi connectivity index (χ0v) is 16.2. The predicted molar refractivity (Wildman–Crippen MR) is 93.4 cm³/mol. The fourth-order valence-electron chi connectivity index (χ4n) is 1.10. The summed E-state index contributed by atoms with van der Waals surface area (Å²) in [6.07, 6.45) is 1.59. The Balaban J connectivity index is 5.03. The second-order valence-corrected chi connectivity index (χ2v) is 12.7. The number of hydrogen-bond donors (Lipinski definition) is 1. The highest BCUT2D eigenvalue weighted by Gasteiger charge is 2.40. The number of hydrogen-bond acceptors (Lipinski definition) is 3. The number of amidine groups is 1. The molecule has 0 aromatic rings. The first-order valence-electron chi connectivity index (χ1n) is 6.57. The number of rotatable bonds is 5. The van der Waals surface area contributed by atoms with Gasteiger partial charge >= 0.3 is 0 Å². The minimum atomic E-state index is -1.92. The lowest BCUT2D eigenvalue weighted by Gasteiger charge is -2.38. The van der Waals surface area contributed by atoms with Crippen LogP contribution in [0.1, 0.15) is 34.6 Å². The van der Waals surface area contributed by atoms with Crippen LogP contribution < -0.4 is 0 Å². The molecule has 4 nitrogen and oxygen atoms in total. The van der Waals surface area contributed by atoms with Crippen LogP contribution in [0.15, 0.2) is 20.7 Å². The number of nitrogens with zero attached hydrogens (tertiary/aromatic N) is 2. The van der Waals surface area contributed by atoms with Crippen LogP contribution in [0.3, 0.4) is 0 Å². The number of aliphatic hydroxyl groups is 1. The first-order valence-corrected chi connectivity index (χ1v) is 10.3. The Kier molecular flexibility index (Phi) is 7.00. The van der Waals surface area contributed by atoms with E-state index < -0.39 is 13.9 Å². The Bertz CT molecular complexity index is 406. The minimum Gasteiger partial charge on any atom is -0.413 e. The van der Waals surface area contributed by atoms with Crippen molar-refractivity contribution in [2.75, 3.05) is 6.61 Å². The van der Waals surface area contributed by atoms with Gasteiger partial charge in [0, 0.05) is 10.7 Å². The van der Waals surface area contributed by atoms with Crippen molar-refractivity contribution in [3.63, 3.8) is 0 Å². The van der Waals surface area contributed by atoms with Gasteiger partial charge in [-0.05, 0) is 38.7 Å². The van der Waals surface area contributed by atoms with Crippen molar-refractivity contribution < 1.29 is 9.53 Å². The summed E-state index contributed by atoms with van der Waals surface area (Å²) in [7, 11) is -1.92. The predicted octanol–water partition coefficient (Wildman–Crippen LogP) is 4.11. The van der Waals surface area contributed by atoms with Crippen LogP contribution in [-0.2, 0) is 4.43 Å². The van der Waals surface area contributed by atoms with E-state index in [0.29, 0.717) is 0 Å². The van der Waals surface area contributed by atoms with Gasteiger partial charge < -0.3 is 9.53 Å². The SMILES string of the molecule is C=NC(=N/C=C(\C)Br)C(C)(O)CO[Si](C)(C)C(C)(C)C. The van der Waals surface area contributed by atoms with Crippen molar-refractivity contribution in [2.45, 2.75) is 58.4 Å². The first kappa shape index (κ1) is 19.7. The molecule has 6 heteroatoms. The first-order chi connectivity index (χ1) is 8.83. The Morgan fingerprint density at radius 3 is 2.20 bits per heavy atom. The monoisotopic (exact) mass is 362 g/mol. The molecule has 0 bridgehead atoms. The largest absolute Gasteiger partial charge is 0.413 e. The van der Waals surface area contributed by atoms with Crippen LogP contribution >= 0.6 is 15.9 Å². The molecule has 0 aliphatic rings. The van der Waals surface area contributed by atoms with Crippen molar-refractivity contribution in [1.82, 2.24) is 0 Å². The van der Waals surface area contributed by atoms with Gasteiger partial charge in [-0.1, -0.05) is 36.7 Å². The molecule has 0 aromatic carbocycles. The van der Waals surface area contributed by atoms with Crippen molar-refractivity contribution in [2.24, 2.45) is 9.98 Å². The van der Waals surface area contributed by atoms with Crippen LogP contribution in [-0.4, -0.2) is 38.2 Å². The minimum absolute atomic E-state index is 0.0916. The standard InChI is InChI=1S/C14H27BrN2O2Si/c1-11(15)9-17-12(16-6)14(5,18)10-19-20(7,8)13(2,3)4/h9,18H,6,10H2,1-5,7-8H3/b11-9+,17-12?. The van der Waals surface area contributed by atoms with Gasteiger partial charge in [0.05, 0.1) is 6.61 Å². The van der Waals surface area contributed by atoms with Crippen molar-refractivity contribution in [3.8, 4) is 0 Å². The Hall–Kier alpha value is -0.303. The van der Waals surface area contributed by atoms with Crippen molar-refractivity contribution >= 4 is 36.8 Å². The third kappa shape index (κ3) is 5.99. The molecule has 0 saturated carbocycles. The van der Waals surface area contributed by atoms with Gasteiger partial charge in [-0.3, -0.25) is 0 Å². The molecule has 0 radical (unpaired) electrons. The van der Waals surface area contributed by atoms with Crippen molar-refractivity contribution in [3.05, 3.63) is 10.7 Å². The van der Waals surface area contributed by atoms with E-state index in [2.05, 4.69) is 66.5 Å². The molecule has 0 saturated heterocycles. The molecule has 0 amide bonds. The second-order valence-electron chi connectivity index (χ2n) is 6.65. The van der Waals surface area contributed by atoms with Crippen LogP contribution in [0, 0.1) is 0 Å². The summed E-state index contributed by atoms with van der Waals surface area (Å²) in [5.74, 6) is 0.259. The fourth-order valence-corrected chi connectivity index (χ4v) is 2.28. The lowest BCUT2D eigenvalue weighted by Crippen LogP contribution is -2.47. The molecule has 0 aromatic heterocycles. The molecular formula is C14H27BrN2O2Si. The lowest BCUT2D eigenvalue weighted by molar-refractivity contribution is 0.0644. The van der Waals surface area contributed by atoms with Crippen LogP contribution in [0.4, 0.5) is 0 Å². The third-order valence-electron chi connectivity index (χ3n) is 3.52. The molecule has 0 heterocycles. The topological polar surface area (TPSA) is 54.2 Å². The quantitative estimate of drug-likeness (QED) is 0.454. The summed E-state index contributed by atoms with van der Waals surface area (Å²) in [6.45, 7) is 17.9. The molecule has 1 N–H and O–H groups in total. The van der Waals surface area contributed by atoms with Gasteiger partial charge in [-0.15, -0.1) is 0 Å². The summed E-state index contributed by atoms with van der Waals surface area (Å²) >= 11 is 3.28. The molecule has 20 heavy (non-hydrogen) atoms. The smallest absolute Gasteiger partial charge is 0.192 e. The maximum Gasteiger partial charge on any atom is 0.192 e. The van der Waals surface area contributed by atoms with Gasteiger partial charge in [0.15, 0.2) is 14.2 Å². The molecule has 0 aliphatic heterocycles. The second kappa shape index (κ2) is 7.11. The third-order valence-corrected chi connectivity index (χ3v) is 8.20. The average Bonchev–Trinajstić information content (AvgIpc) is 2.25. The van der Waals surface area contributed by atoms with E-state index in [0.717, 1.165) is 4.48 Å². The highest BCUT2D eigenvalue weighted by molar-refractivity contribution is 9.11. The van der Waals surface area contributed by atoms with E-state index in [1.54, 1.807) is 13.1 Å². The van der Waals surface area contributed by atoms with E-state index in [1.807, 2.05) is 6.92 Å². The summed E-state index contributed by atoms with van der Waals surface area (Å²) in [5, 5.41) is 10.6. The Morgan fingerprint density at radius 1 is 1.35 bits per heavy atom. The van der Waals surface area contributed by atoms with Crippen LogP contribution in [0.25, 0.3) is 0 Å². The van der Waals surface area contributed by atoms with Crippen LogP contribution in [0.2, 0.25) is 18.1 Å². The number of allylic oxidation sites excluding steroid dienone is 1. The Labute approximate surface area is 132 Å². The Morgan fingerprint density at radius 2 is 1.85 bits per heavy atom. The summed E-state index contributed by atoms with van der Waals surface area (Å²) < 4.78 is 6.88. The highest BCUT2D eigenvalue weighted by atomic mass is 79.9. The molecule has 0 fully saturated rings. The molecule has 1 unspecified atom stereocenters. The summed E-state index contributed by atoms with van der Waals surface area (Å²) in [5.41, 5.74) is -1.25. The molecule has 1 atom stereocenters. The zero-order chi connectivity index (χ0) is 16.2. The molecule has 0 aliphatic carbocycles. The van der Waals surface area contributed by atoms with E-state index in [9.17, 15) is 5.11 Å². The summed E-state index contributed by atoms with van der Waals surface area (Å²) in [4.78, 5) is 7.95. The molecular weight excluding hydrogens is 336 g/mol. The van der Waals surface area contributed by atoms with E-state index >= 15 is 0 Å². The van der Waals surface area contributed by atoms with Crippen LogP contribution in [0.5, 0.6) is 0 Å². The molecule has 116 valence electrons. The van der Waals surface area contributed by atoms with E-state index in [4.69, 9.17) is 4.43 Å². The number of halogens is 1. The van der Waals surface area contributed by atoms with Crippen molar-refractivity contribution in [1.29, 1.82) is 0 Å². The molecule has 0 rings (SSSR count). The maximum absolute atomic E-state index is 10.5. The van der Waals surface area contributed by atoms with Gasteiger partial charge in [0.2, 0.25) is 0 Å². The highest BCUT2D eigenvalue weighted by Crippen LogP contribution is 2.37. The maximum atomic E-state index is 10.5. The number of aliphatic imine (C=N–C) groups is 2. The lowest BCUT2D eigenvalue weighted by atomic mass is 10.1.